The van der Waals surface area contributed by atoms with Crippen molar-refractivity contribution in [2.75, 3.05) is 12.4 Å². The molecule has 5 rings (SSSR count). The van der Waals surface area contributed by atoms with E-state index in [2.05, 4.69) is 30.5 Å². The van der Waals surface area contributed by atoms with Gasteiger partial charge in [-0.25, -0.2) is 0 Å². The van der Waals surface area contributed by atoms with Gasteiger partial charge in [-0.1, -0.05) is 0 Å². The van der Waals surface area contributed by atoms with E-state index in [1.807, 2.05) is 35.9 Å². The number of hydrogen-bond donors (Lipinski definition) is 3. The third kappa shape index (κ3) is 2.67. The van der Waals surface area contributed by atoms with Gasteiger partial charge in [0.25, 0.3) is 0 Å². The highest BCUT2D eigenvalue weighted by atomic mass is 16.5. The van der Waals surface area contributed by atoms with Crippen molar-refractivity contribution in [3.8, 4) is 17.0 Å². The topological polar surface area (TPSA) is 113 Å². The first kappa shape index (κ1) is 16.0. The van der Waals surface area contributed by atoms with Crippen LogP contribution in [-0.4, -0.2) is 53.4 Å². The molecule has 3 N–H and O–H groups in total. The Morgan fingerprint density at radius 1 is 1.33 bits per heavy atom. The van der Waals surface area contributed by atoms with Crippen LogP contribution in [0.5, 0.6) is 5.88 Å². The molecule has 0 atom stereocenters. The number of aromatic nitrogens is 6. The fourth-order valence-corrected chi connectivity index (χ4v) is 3.71. The van der Waals surface area contributed by atoms with Crippen LogP contribution < -0.4 is 10.1 Å². The Hall–Kier alpha value is -3.20. The molecule has 1 saturated carbocycles. The Labute approximate surface area is 154 Å². The Balaban J connectivity index is 1.55. The summed E-state index contributed by atoms with van der Waals surface area (Å²) >= 11 is 0. The first-order valence-corrected chi connectivity index (χ1v) is 8.74. The molecule has 0 saturated heterocycles. The molecule has 0 aromatic carbocycles. The van der Waals surface area contributed by atoms with Gasteiger partial charge in [-0.3, -0.25) is 4.40 Å². The van der Waals surface area contributed by atoms with Crippen LogP contribution in [0.25, 0.3) is 27.8 Å². The molecule has 4 heterocycles. The molecule has 4 aromatic rings. The number of anilines is 1. The molecule has 0 radical (unpaired) electrons. The van der Waals surface area contributed by atoms with E-state index in [4.69, 9.17) is 4.74 Å². The molecule has 0 spiro atoms. The van der Waals surface area contributed by atoms with E-state index in [0.717, 1.165) is 22.2 Å². The zero-order valence-corrected chi connectivity index (χ0v) is 15.0. The standard InChI is InChI=1S/C18H19N7O2/c1-18(26)5-11(6-18)21-17-22-15-14(16(23-17)27-2)12(7-19-15)10-3-4-13-24-20-9-25(13)8-10/h3-4,7-9,11,26H,5-6H2,1-2H3,(H2,19,21,22,23). The number of ether oxygens (including phenoxy) is 1. The molecular formula is C18H19N7O2. The molecule has 9 nitrogen and oxygen atoms in total. The molecule has 4 aromatic heterocycles. The van der Waals surface area contributed by atoms with Crippen molar-refractivity contribution in [1.82, 2.24) is 29.5 Å². The van der Waals surface area contributed by atoms with E-state index in [-0.39, 0.29) is 6.04 Å². The Kier molecular flexibility index (Phi) is 3.35. The average Bonchev–Trinajstić information content (AvgIpc) is 3.25. The predicted octanol–water partition coefficient (Wildman–Crippen LogP) is 2.00. The number of nitrogens with one attached hydrogen (secondary N) is 2. The Bertz CT molecular complexity index is 1140. The second kappa shape index (κ2) is 5.65. The molecule has 9 heteroatoms. The normalized spacial score (nSPS) is 22.1. The highest BCUT2D eigenvalue weighted by Gasteiger charge is 2.38. The van der Waals surface area contributed by atoms with Crippen LogP contribution in [0.4, 0.5) is 5.95 Å². The molecular weight excluding hydrogens is 346 g/mol. The van der Waals surface area contributed by atoms with Gasteiger partial charge in [-0.05, 0) is 31.9 Å². The van der Waals surface area contributed by atoms with E-state index in [1.165, 1.54) is 0 Å². The van der Waals surface area contributed by atoms with Gasteiger partial charge in [0.2, 0.25) is 11.8 Å². The highest BCUT2D eigenvalue weighted by molar-refractivity contribution is 5.97. The minimum atomic E-state index is -0.605. The summed E-state index contributed by atoms with van der Waals surface area (Å²) in [5.41, 5.74) is 2.78. The average molecular weight is 365 g/mol. The zero-order chi connectivity index (χ0) is 18.6. The van der Waals surface area contributed by atoms with Crippen molar-refractivity contribution in [3.63, 3.8) is 0 Å². The number of aliphatic hydroxyl groups is 1. The summed E-state index contributed by atoms with van der Waals surface area (Å²) in [6.07, 6.45) is 6.86. The number of H-pyrrole nitrogens is 1. The lowest BCUT2D eigenvalue weighted by molar-refractivity contribution is -0.0236. The first-order valence-electron chi connectivity index (χ1n) is 8.74. The number of hydrogen-bond acceptors (Lipinski definition) is 7. The molecule has 0 amide bonds. The maximum Gasteiger partial charge on any atom is 0.228 e. The Morgan fingerprint density at radius 3 is 2.96 bits per heavy atom. The molecule has 1 aliphatic carbocycles. The van der Waals surface area contributed by atoms with Crippen LogP contribution in [0.3, 0.4) is 0 Å². The molecule has 1 fully saturated rings. The summed E-state index contributed by atoms with van der Waals surface area (Å²) in [6.45, 7) is 1.83. The SMILES string of the molecule is COc1nc(NC2CC(C)(O)C2)nc2[nH]cc(-c3ccc4nncn4c3)c12. The van der Waals surface area contributed by atoms with Crippen LogP contribution in [0.15, 0.2) is 30.9 Å². The lowest BCUT2D eigenvalue weighted by Gasteiger charge is -2.41. The fraction of sp³-hybridized carbons (Fsp3) is 0.333. The van der Waals surface area contributed by atoms with E-state index in [1.54, 1.807) is 13.4 Å². The number of aromatic amines is 1. The summed E-state index contributed by atoms with van der Waals surface area (Å²) in [7, 11) is 1.60. The van der Waals surface area contributed by atoms with Gasteiger partial charge < -0.3 is 20.1 Å². The highest BCUT2D eigenvalue weighted by Crippen LogP contribution is 2.36. The van der Waals surface area contributed by atoms with Crippen LogP contribution in [0.1, 0.15) is 19.8 Å². The first-order chi connectivity index (χ1) is 13.0. The van der Waals surface area contributed by atoms with Gasteiger partial charge in [0.15, 0.2) is 5.65 Å². The summed E-state index contributed by atoms with van der Waals surface area (Å²) in [4.78, 5) is 12.3. The minimum absolute atomic E-state index is 0.160. The minimum Gasteiger partial charge on any atom is -0.480 e. The number of rotatable bonds is 4. The van der Waals surface area contributed by atoms with Crippen molar-refractivity contribution >= 4 is 22.6 Å². The number of nitrogens with zero attached hydrogens (tertiary/aromatic N) is 5. The molecule has 1 aliphatic rings. The number of pyridine rings is 1. The van der Waals surface area contributed by atoms with Crippen molar-refractivity contribution in [3.05, 3.63) is 30.9 Å². The zero-order valence-electron chi connectivity index (χ0n) is 15.0. The van der Waals surface area contributed by atoms with Crippen LogP contribution in [0.2, 0.25) is 0 Å². The summed E-state index contributed by atoms with van der Waals surface area (Å²) in [5, 5.41) is 21.9. The predicted molar refractivity (Wildman–Crippen MR) is 99.7 cm³/mol. The van der Waals surface area contributed by atoms with Crippen LogP contribution in [0, 0.1) is 0 Å². The third-order valence-electron chi connectivity index (χ3n) is 5.00. The summed E-state index contributed by atoms with van der Waals surface area (Å²) < 4.78 is 7.40. The van der Waals surface area contributed by atoms with Gasteiger partial charge in [-0.15, -0.1) is 10.2 Å². The molecule has 0 unspecified atom stereocenters. The van der Waals surface area contributed by atoms with Crippen LogP contribution in [-0.2, 0) is 0 Å². The van der Waals surface area contributed by atoms with Gasteiger partial charge in [0.1, 0.15) is 12.0 Å². The van der Waals surface area contributed by atoms with E-state index in [9.17, 15) is 5.11 Å². The van der Waals surface area contributed by atoms with Gasteiger partial charge in [0, 0.05) is 29.6 Å². The fourth-order valence-electron chi connectivity index (χ4n) is 3.71. The van der Waals surface area contributed by atoms with Gasteiger partial charge in [0.05, 0.1) is 18.1 Å². The van der Waals surface area contributed by atoms with Crippen molar-refractivity contribution in [2.24, 2.45) is 0 Å². The Morgan fingerprint density at radius 2 is 2.19 bits per heavy atom. The molecule has 0 aliphatic heterocycles. The number of methoxy groups -OCH3 is 1. The summed E-state index contributed by atoms with van der Waals surface area (Å²) in [5.74, 6) is 0.983. The van der Waals surface area contributed by atoms with Gasteiger partial charge in [-0.2, -0.15) is 9.97 Å². The van der Waals surface area contributed by atoms with E-state index >= 15 is 0 Å². The smallest absolute Gasteiger partial charge is 0.228 e. The largest absolute Gasteiger partial charge is 0.480 e. The van der Waals surface area contributed by atoms with Crippen molar-refractivity contribution in [2.45, 2.75) is 31.4 Å². The molecule has 0 bridgehead atoms. The monoisotopic (exact) mass is 365 g/mol. The maximum atomic E-state index is 9.90. The quantitative estimate of drug-likeness (QED) is 0.507. The van der Waals surface area contributed by atoms with Crippen LogP contribution >= 0.6 is 0 Å². The second-order valence-electron chi connectivity index (χ2n) is 7.24. The van der Waals surface area contributed by atoms with Gasteiger partial charge >= 0.3 is 0 Å². The summed E-state index contributed by atoms with van der Waals surface area (Å²) in [6, 6.07) is 4.05. The van der Waals surface area contributed by atoms with E-state index < -0.39 is 5.60 Å². The van der Waals surface area contributed by atoms with E-state index in [0.29, 0.717) is 30.3 Å². The second-order valence-corrected chi connectivity index (χ2v) is 7.24. The molecule has 138 valence electrons. The number of fused-ring (bicyclic) bond motifs is 2. The van der Waals surface area contributed by atoms with Crippen molar-refractivity contribution < 1.29 is 9.84 Å². The maximum absolute atomic E-state index is 9.90. The third-order valence-corrected chi connectivity index (χ3v) is 5.00. The lowest BCUT2D eigenvalue weighted by Crippen LogP contribution is -2.48. The lowest BCUT2D eigenvalue weighted by atomic mass is 9.77. The molecule has 27 heavy (non-hydrogen) atoms. The van der Waals surface area contributed by atoms with Crippen molar-refractivity contribution in [1.29, 1.82) is 0 Å².